The molecule has 5 nitrogen and oxygen atoms in total. The molecular formula is C17H18N2O3. The Morgan fingerprint density at radius 2 is 1.91 bits per heavy atom. The summed E-state index contributed by atoms with van der Waals surface area (Å²) in [5, 5.41) is 0. The van der Waals surface area contributed by atoms with Crippen LogP contribution in [0.5, 0.6) is 0 Å². The van der Waals surface area contributed by atoms with Crippen molar-refractivity contribution in [2.45, 2.75) is 12.8 Å². The Kier molecular flexibility index (Phi) is 3.96. The third-order valence-corrected chi connectivity index (χ3v) is 4.15. The number of carbonyl (C=O) groups is 2. The molecule has 0 radical (unpaired) electrons. The van der Waals surface area contributed by atoms with E-state index in [4.69, 9.17) is 10.2 Å². The van der Waals surface area contributed by atoms with E-state index < -0.39 is 0 Å². The number of hydrogen-bond donors (Lipinski definition) is 1. The first kappa shape index (κ1) is 14.4. The van der Waals surface area contributed by atoms with Crippen LogP contribution in [0, 0.1) is 5.92 Å². The largest absolute Gasteiger partial charge is 0.453 e. The molecule has 0 spiro atoms. The van der Waals surface area contributed by atoms with Gasteiger partial charge < -0.3 is 15.1 Å². The maximum absolute atomic E-state index is 11.3. The fraction of sp³-hybridized carbons (Fsp3) is 0.294. The number of benzene rings is 1. The molecule has 1 fully saturated rings. The minimum atomic E-state index is -0.213. The molecule has 1 aromatic heterocycles. The monoisotopic (exact) mass is 298 g/mol. The average Bonchev–Trinajstić information content (AvgIpc) is 3.04. The summed E-state index contributed by atoms with van der Waals surface area (Å²) in [6.45, 7) is 1.57. The van der Waals surface area contributed by atoms with Crippen molar-refractivity contribution in [3.63, 3.8) is 0 Å². The van der Waals surface area contributed by atoms with E-state index in [0.29, 0.717) is 17.8 Å². The summed E-state index contributed by atoms with van der Waals surface area (Å²) in [6.07, 6.45) is 2.23. The summed E-state index contributed by atoms with van der Waals surface area (Å²) in [4.78, 5) is 24.3. The van der Waals surface area contributed by atoms with Gasteiger partial charge in [-0.15, -0.1) is 0 Å². The van der Waals surface area contributed by atoms with Gasteiger partial charge in [0.15, 0.2) is 12.0 Å². The van der Waals surface area contributed by atoms with Gasteiger partial charge in [-0.05, 0) is 37.1 Å². The van der Waals surface area contributed by atoms with E-state index in [0.717, 1.165) is 37.2 Å². The lowest BCUT2D eigenvalue weighted by molar-refractivity contribution is -0.122. The lowest BCUT2D eigenvalue weighted by Crippen LogP contribution is -2.38. The second-order valence-electron chi connectivity index (χ2n) is 5.50. The number of carbonyl (C=O) groups excluding carboxylic acids is 2. The summed E-state index contributed by atoms with van der Waals surface area (Å²) < 4.78 is 5.54. The predicted octanol–water partition coefficient (Wildman–Crippen LogP) is 2.46. The van der Waals surface area contributed by atoms with Crippen molar-refractivity contribution in [3.8, 4) is 11.3 Å². The van der Waals surface area contributed by atoms with Crippen molar-refractivity contribution in [2.75, 3.05) is 18.0 Å². The van der Waals surface area contributed by atoms with E-state index in [-0.39, 0.29) is 11.8 Å². The fourth-order valence-electron chi connectivity index (χ4n) is 2.92. The number of para-hydroxylation sites is 1. The molecule has 0 saturated carbocycles. The van der Waals surface area contributed by atoms with Crippen molar-refractivity contribution in [1.82, 2.24) is 0 Å². The first-order chi connectivity index (χ1) is 10.7. The van der Waals surface area contributed by atoms with E-state index in [9.17, 15) is 9.59 Å². The highest BCUT2D eigenvalue weighted by Gasteiger charge is 2.24. The van der Waals surface area contributed by atoms with Gasteiger partial charge in [0.25, 0.3) is 0 Å². The Morgan fingerprint density at radius 1 is 1.18 bits per heavy atom. The van der Waals surface area contributed by atoms with Gasteiger partial charge in [0, 0.05) is 30.3 Å². The van der Waals surface area contributed by atoms with Gasteiger partial charge in [-0.1, -0.05) is 12.1 Å². The van der Waals surface area contributed by atoms with Crippen LogP contribution >= 0.6 is 0 Å². The highest BCUT2D eigenvalue weighted by atomic mass is 16.3. The summed E-state index contributed by atoms with van der Waals surface area (Å²) in [5.74, 6) is 0.746. The Labute approximate surface area is 128 Å². The molecule has 2 heterocycles. The molecule has 0 unspecified atom stereocenters. The standard InChI is InChI=1S/C17H18N2O3/c18-17(21)12-7-9-19(10-8-12)15-4-2-1-3-14(15)16-6-5-13(11-20)22-16/h1-6,11-12H,7-10H2,(H2,18,21). The van der Waals surface area contributed by atoms with E-state index in [1.807, 2.05) is 24.3 Å². The molecule has 1 amide bonds. The molecule has 0 atom stereocenters. The molecule has 2 N–H and O–H groups in total. The zero-order valence-electron chi connectivity index (χ0n) is 12.2. The van der Waals surface area contributed by atoms with Crippen LogP contribution in [0.1, 0.15) is 23.4 Å². The second-order valence-corrected chi connectivity index (χ2v) is 5.50. The van der Waals surface area contributed by atoms with Crippen LogP contribution in [0.2, 0.25) is 0 Å². The summed E-state index contributed by atoms with van der Waals surface area (Å²) >= 11 is 0. The maximum Gasteiger partial charge on any atom is 0.220 e. The number of amides is 1. The van der Waals surface area contributed by atoms with Crippen molar-refractivity contribution in [2.24, 2.45) is 11.7 Å². The first-order valence-electron chi connectivity index (χ1n) is 7.37. The van der Waals surface area contributed by atoms with Crippen LogP contribution in [0.15, 0.2) is 40.8 Å². The number of piperidine rings is 1. The number of furan rings is 1. The molecule has 1 aliphatic rings. The topological polar surface area (TPSA) is 76.5 Å². The van der Waals surface area contributed by atoms with Crippen molar-refractivity contribution < 1.29 is 14.0 Å². The molecule has 2 aromatic rings. The van der Waals surface area contributed by atoms with Gasteiger partial charge in [-0.25, -0.2) is 0 Å². The lowest BCUT2D eigenvalue weighted by atomic mass is 9.95. The zero-order chi connectivity index (χ0) is 15.5. The van der Waals surface area contributed by atoms with E-state index >= 15 is 0 Å². The minimum absolute atomic E-state index is 0.0336. The predicted molar refractivity (Wildman–Crippen MR) is 83.7 cm³/mol. The molecule has 114 valence electrons. The van der Waals surface area contributed by atoms with Gasteiger partial charge in [-0.2, -0.15) is 0 Å². The van der Waals surface area contributed by atoms with Gasteiger partial charge in [-0.3, -0.25) is 9.59 Å². The quantitative estimate of drug-likeness (QED) is 0.880. The second kappa shape index (κ2) is 6.05. The molecule has 5 heteroatoms. The van der Waals surface area contributed by atoms with E-state index in [1.165, 1.54) is 0 Å². The van der Waals surface area contributed by atoms with Crippen LogP contribution < -0.4 is 10.6 Å². The first-order valence-corrected chi connectivity index (χ1v) is 7.37. The van der Waals surface area contributed by atoms with Crippen LogP contribution in [0.25, 0.3) is 11.3 Å². The molecule has 0 bridgehead atoms. The Balaban J connectivity index is 1.86. The third-order valence-electron chi connectivity index (χ3n) is 4.15. The van der Waals surface area contributed by atoms with Crippen molar-refractivity contribution >= 4 is 17.9 Å². The molecule has 0 aliphatic carbocycles. The molecule has 1 aromatic carbocycles. The number of nitrogens with zero attached hydrogens (tertiary/aromatic N) is 1. The van der Waals surface area contributed by atoms with Gasteiger partial charge in [0.2, 0.25) is 5.91 Å². The minimum Gasteiger partial charge on any atom is -0.453 e. The average molecular weight is 298 g/mol. The summed E-state index contributed by atoms with van der Waals surface area (Å²) in [5.41, 5.74) is 7.39. The summed E-state index contributed by atoms with van der Waals surface area (Å²) in [7, 11) is 0. The Morgan fingerprint density at radius 3 is 2.55 bits per heavy atom. The van der Waals surface area contributed by atoms with Crippen molar-refractivity contribution in [3.05, 3.63) is 42.2 Å². The highest BCUT2D eigenvalue weighted by molar-refractivity contribution is 5.79. The van der Waals surface area contributed by atoms with Gasteiger partial charge >= 0.3 is 0 Å². The number of hydrogen-bond acceptors (Lipinski definition) is 4. The fourth-order valence-corrected chi connectivity index (χ4v) is 2.92. The van der Waals surface area contributed by atoms with E-state index in [1.54, 1.807) is 12.1 Å². The van der Waals surface area contributed by atoms with Crippen LogP contribution in [0.3, 0.4) is 0 Å². The zero-order valence-corrected chi connectivity index (χ0v) is 12.2. The van der Waals surface area contributed by atoms with Gasteiger partial charge in [0.05, 0.1) is 0 Å². The number of aldehydes is 1. The Bertz CT molecular complexity index is 685. The van der Waals surface area contributed by atoms with E-state index in [2.05, 4.69) is 4.90 Å². The van der Waals surface area contributed by atoms with Crippen molar-refractivity contribution in [1.29, 1.82) is 0 Å². The summed E-state index contributed by atoms with van der Waals surface area (Å²) in [6, 6.07) is 11.4. The molecule has 1 aliphatic heterocycles. The number of primary amides is 1. The normalized spacial score (nSPS) is 15.7. The number of nitrogens with two attached hydrogens (primary N) is 1. The molecule has 22 heavy (non-hydrogen) atoms. The molecule has 1 saturated heterocycles. The Hall–Kier alpha value is -2.56. The maximum atomic E-state index is 11.3. The van der Waals surface area contributed by atoms with Crippen LogP contribution in [0.4, 0.5) is 5.69 Å². The number of rotatable bonds is 4. The van der Waals surface area contributed by atoms with Crippen LogP contribution in [-0.4, -0.2) is 25.3 Å². The smallest absolute Gasteiger partial charge is 0.220 e. The highest BCUT2D eigenvalue weighted by Crippen LogP contribution is 2.34. The van der Waals surface area contributed by atoms with Gasteiger partial charge in [0.1, 0.15) is 5.76 Å². The third kappa shape index (κ3) is 2.74. The molecular weight excluding hydrogens is 280 g/mol. The lowest BCUT2D eigenvalue weighted by Gasteiger charge is -2.33. The number of anilines is 1. The SMILES string of the molecule is NC(=O)C1CCN(c2ccccc2-c2ccc(C=O)o2)CC1. The van der Waals surface area contributed by atoms with Crippen LogP contribution in [-0.2, 0) is 4.79 Å². The molecule has 3 rings (SSSR count).